The van der Waals surface area contributed by atoms with Gasteiger partial charge in [-0.3, -0.25) is 0 Å². The minimum atomic E-state index is 0.932. The molecule has 0 atom stereocenters. The number of furan rings is 1. The lowest BCUT2D eigenvalue weighted by Gasteiger charge is -2.09. The smallest absolute Gasteiger partial charge is 0.136 e. The summed E-state index contributed by atoms with van der Waals surface area (Å²) in [6.07, 6.45) is 0. The van der Waals surface area contributed by atoms with Gasteiger partial charge < -0.3 is 8.82 Å². The van der Waals surface area contributed by atoms with Crippen molar-refractivity contribution in [3.63, 3.8) is 0 Å². The average molecular weight is 508 g/mol. The van der Waals surface area contributed by atoms with E-state index in [4.69, 9.17) is 4.42 Å². The SMILES string of the molecule is c1ccc2c(c1)ccc1c3cc(-c4cccc5c4ccc4oc6ccccc6c45)cc4c5ccccc5n(c21)c43. The molecule has 0 amide bonds. The molecular formula is C38H21NO. The minimum Gasteiger partial charge on any atom is -0.456 e. The summed E-state index contributed by atoms with van der Waals surface area (Å²) in [6, 6.07) is 46.3. The maximum atomic E-state index is 6.22. The predicted molar refractivity (Wildman–Crippen MR) is 169 cm³/mol. The average Bonchev–Trinajstić information content (AvgIpc) is 3.67. The fourth-order valence-electron chi connectivity index (χ4n) is 7.24. The Kier molecular flexibility index (Phi) is 3.70. The van der Waals surface area contributed by atoms with Crippen LogP contribution in [0.4, 0.5) is 0 Å². The molecule has 0 unspecified atom stereocenters. The zero-order valence-electron chi connectivity index (χ0n) is 21.5. The molecule has 0 spiro atoms. The lowest BCUT2D eigenvalue weighted by atomic mass is 9.93. The number of aromatic nitrogens is 1. The van der Waals surface area contributed by atoms with Gasteiger partial charge in [-0.15, -0.1) is 0 Å². The van der Waals surface area contributed by atoms with Crippen LogP contribution in [0.15, 0.2) is 132 Å². The predicted octanol–water partition coefficient (Wildman–Crippen LogP) is 10.7. The van der Waals surface area contributed by atoms with Gasteiger partial charge in [-0.2, -0.15) is 0 Å². The van der Waals surface area contributed by atoms with Crippen LogP contribution < -0.4 is 0 Å². The summed E-state index contributed by atoms with van der Waals surface area (Å²) in [5, 5.41) is 12.6. The molecular weight excluding hydrogens is 486 g/mol. The number of para-hydroxylation sites is 2. The molecule has 0 bridgehead atoms. The van der Waals surface area contributed by atoms with Crippen molar-refractivity contribution in [1.82, 2.24) is 4.40 Å². The third-order valence-corrected chi connectivity index (χ3v) is 8.89. The van der Waals surface area contributed by atoms with Crippen LogP contribution in [0, 0.1) is 0 Å². The Morgan fingerprint density at radius 3 is 2.05 bits per heavy atom. The van der Waals surface area contributed by atoms with Crippen LogP contribution in [0.1, 0.15) is 0 Å². The van der Waals surface area contributed by atoms with Crippen molar-refractivity contribution in [2.75, 3.05) is 0 Å². The Balaban J connectivity index is 1.38. The molecule has 2 nitrogen and oxygen atoms in total. The number of hydrogen-bond acceptors (Lipinski definition) is 1. The molecule has 0 aliphatic carbocycles. The van der Waals surface area contributed by atoms with Gasteiger partial charge in [0.05, 0.1) is 16.6 Å². The highest BCUT2D eigenvalue weighted by molar-refractivity contribution is 6.29. The summed E-state index contributed by atoms with van der Waals surface area (Å²) in [6.45, 7) is 0. The first kappa shape index (κ1) is 20.6. The summed E-state index contributed by atoms with van der Waals surface area (Å²) < 4.78 is 8.71. The van der Waals surface area contributed by atoms with Gasteiger partial charge in [0.25, 0.3) is 0 Å². The molecule has 3 heterocycles. The van der Waals surface area contributed by atoms with Gasteiger partial charge in [-0.1, -0.05) is 97.1 Å². The summed E-state index contributed by atoms with van der Waals surface area (Å²) in [5.41, 5.74) is 8.21. The molecule has 10 aromatic rings. The largest absolute Gasteiger partial charge is 0.456 e. The minimum absolute atomic E-state index is 0.932. The second-order valence-corrected chi connectivity index (χ2v) is 10.9. The Morgan fingerprint density at radius 1 is 0.425 bits per heavy atom. The van der Waals surface area contributed by atoms with E-state index in [0.717, 1.165) is 16.6 Å². The van der Waals surface area contributed by atoms with E-state index in [2.05, 4.69) is 126 Å². The molecule has 40 heavy (non-hydrogen) atoms. The molecule has 7 aromatic carbocycles. The lowest BCUT2D eigenvalue weighted by Crippen LogP contribution is -1.83. The maximum absolute atomic E-state index is 6.22. The van der Waals surface area contributed by atoms with Crippen LogP contribution >= 0.6 is 0 Å². The molecule has 0 radical (unpaired) electrons. The van der Waals surface area contributed by atoms with Crippen molar-refractivity contribution in [3.8, 4) is 11.1 Å². The Bertz CT molecular complexity index is 2650. The topological polar surface area (TPSA) is 17.6 Å². The quantitative estimate of drug-likeness (QED) is 0.216. The second kappa shape index (κ2) is 7.19. The summed E-state index contributed by atoms with van der Waals surface area (Å²) >= 11 is 0. The normalized spacial score (nSPS) is 12.5. The van der Waals surface area contributed by atoms with Gasteiger partial charge in [0, 0.05) is 37.7 Å². The standard InChI is InChI=1S/C38H21NO/c1-2-9-25-22(8-1)16-17-29-32-21-23(20-31-27-10-3-5-14-33(27)39(37(25)29)38(31)32)24-12-7-13-28-26(24)18-19-35-36(28)30-11-4-6-15-34(30)40-35/h1-21H. The van der Waals surface area contributed by atoms with E-state index in [1.165, 1.54) is 76.2 Å². The van der Waals surface area contributed by atoms with Crippen molar-refractivity contribution >= 4 is 81.6 Å². The first-order chi connectivity index (χ1) is 19.8. The van der Waals surface area contributed by atoms with Crippen molar-refractivity contribution < 1.29 is 4.42 Å². The van der Waals surface area contributed by atoms with Crippen LogP contribution in [0.2, 0.25) is 0 Å². The van der Waals surface area contributed by atoms with Gasteiger partial charge in [-0.25, -0.2) is 0 Å². The Hall–Kier alpha value is -5.34. The molecule has 0 N–H and O–H groups in total. The molecule has 2 heteroatoms. The number of nitrogens with zero attached hydrogens (tertiary/aromatic N) is 1. The molecule has 0 saturated heterocycles. The maximum Gasteiger partial charge on any atom is 0.136 e. The third kappa shape index (κ3) is 2.45. The Morgan fingerprint density at radius 2 is 1.12 bits per heavy atom. The van der Waals surface area contributed by atoms with Crippen LogP contribution in [0.5, 0.6) is 0 Å². The highest BCUT2D eigenvalue weighted by Gasteiger charge is 2.21. The third-order valence-electron chi connectivity index (χ3n) is 8.89. The highest BCUT2D eigenvalue weighted by atomic mass is 16.3. The molecule has 0 fully saturated rings. The molecule has 184 valence electrons. The van der Waals surface area contributed by atoms with Crippen molar-refractivity contribution in [1.29, 1.82) is 0 Å². The number of hydrogen-bond donors (Lipinski definition) is 0. The van der Waals surface area contributed by atoms with Gasteiger partial charge in [0.2, 0.25) is 0 Å². The van der Waals surface area contributed by atoms with Gasteiger partial charge in [0.15, 0.2) is 0 Å². The second-order valence-electron chi connectivity index (χ2n) is 10.9. The van der Waals surface area contributed by atoms with Gasteiger partial charge >= 0.3 is 0 Å². The zero-order valence-corrected chi connectivity index (χ0v) is 21.5. The monoisotopic (exact) mass is 507 g/mol. The summed E-state index contributed by atoms with van der Waals surface area (Å²) in [5.74, 6) is 0. The van der Waals surface area contributed by atoms with Crippen molar-refractivity contribution in [2.24, 2.45) is 0 Å². The first-order valence-corrected chi connectivity index (χ1v) is 13.8. The van der Waals surface area contributed by atoms with E-state index in [1.807, 2.05) is 6.07 Å². The fraction of sp³-hybridized carbons (Fsp3) is 0. The van der Waals surface area contributed by atoms with E-state index in [0.29, 0.717) is 0 Å². The van der Waals surface area contributed by atoms with E-state index >= 15 is 0 Å². The van der Waals surface area contributed by atoms with E-state index in [9.17, 15) is 0 Å². The fourth-order valence-corrected chi connectivity index (χ4v) is 7.24. The molecule has 3 aromatic heterocycles. The summed E-state index contributed by atoms with van der Waals surface area (Å²) in [7, 11) is 0. The number of rotatable bonds is 1. The van der Waals surface area contributed by atoms with Crippen molar-refractivity contribution in [2.45, 2.75) is 0 Å². The van der Waals surface area contributed by atoms with E-state index in [-0.39, 0.29) is 0 Å². The molecule has 0 aliphatic rings. The Labute approximate surface area is 228 Å². The molecule has 10 rings (SSSR count). The zero-order chi connectivity index (χ0) is 25.9. The van der Waals surface area contributed by atoms with Crippen LogP contribution in [0.25, 0.3) is 92.7 Å². The van der Waals surface area contributed by atoms with E-state index in [1.54, 1.807) is 0 Å². The lowest BCUT2D eigenvalue weighted by molar-refractivity contribution is 0.669. The van der Waals surface area contributed by atoms with Gasteiger partial charge in [0.1, 0.15) is 11.2 Å². The van der Waals surface area contributed by atoms with Crippen LogP contribution in [0.3, 0.4) is 0 Å². The number of benzene rings is 7. The van der Waals surface area contributed by atoms with Crippen LogP contribution in [-0.2, 0) is 0 Å². The van der Waals surface area contributed by atoms with Crippen molar-refractivity contribution in [3.05, 3.63) is 127 Å². The highest BCUT2D eigenvalue weighted by Crippen LogP contribution is 2.45. The van der Waals surface area contributed by atoms with Gasteiger partial charge in [-0.05, 0) is 57.6 Å². The van der Waals surface area contributed by atoms with Crippen LogP contribution in [-0.4, -0.2) is 4.40 Å². The van der Waals surface area contributed by atoms with E-state index < -0.39 is 0 Å². The summed E-state index contributed by atoms with van der Waals surface area (Å²) in [4.78, 5) is 0. The molecule has 0 saturated carbocycles. The first-order valence-electron chi connectivity index (χ1n) is 13.8. The molecule has 0 aliphatic heterocycles. The number of fused-ring (bicyclic) bond motifs is 13.